The molecule has 0 saturated heterocycles. The average Bonchev–Trinajstić information content (AvgIpc) is 2.31. The largest absolute Gasteiger partial charge is 0.496 e. The lowest BCUT2D eigenvalue weighted by Crippen LogP contribution is -2.03. The third-order valence-corrected chi connectivity index (χ3v) is 3.05. The zero-order valence-electron chi connectivity index (χ0n) is 11.3. The van der Waals surface area contributed by atoms with E-state index in [9.17, 15) is 4.79 Å². The van der Waals surface area contributed by atoms with E-state index in [0.717, 1.165) is 41.7 Å². The van der Waals surface area contributed by atoms with E-state index in [-0.39, 0.29) is 5.78 Å². The predicted molar refractivity (Wildman–Crippen MR) is 70.9 cm³/mol. The second kappa shape index (κ2) is 6.43. The summed E-state index contributed by atoms with van der Waals surface area (Å²) in [7, 11) is 1.66. The van der Waals surface area contributed by atoms with E-state index in [4.69, 9.17) is 4.74 Å². The van der Waals surface area contributed by atoms with E-state index >= 15 is 0 Å². The number of Topliss-reactive ketones (excluding diaryl/α,β-unsaturated/α-hetero) is 1. The SMILES string of the molecule is CCCCCC(=O)c1cc(C)c(OC)cc1C. The minimum atomic E-state index is 0.252. The summed E-state index contributed by atoms with van der Waals surface area (Å²) in [5.74, 6) is 1.11. The number of benzene rings is 1. The molecule has 2 nitrogen and oxygen atoms in total. The quantitative estimate of drug-likeness (QED) is 0.547. The molecule has 0 spiro atoms. The Balaban J connectivity index is 2.83. The summed E-state index contributed by atoms with van der Waals surface area (Å²) in [6, 6.07) is 3.89. The maximum Gasteiger partial charge on any atom is 0.163 e. The Morgan fingerprint density at radius 3 is 2.47 bits per heavy atom. The molecule has 0 N–H and O–H groups in total. The molecule has 0 aromatic heterocycles. The molecule has 0 aliphatic heterocycles. The molecule has 0 bridgehead atoms. The van der Waals surface area contributed by atoms with Crippen LogP contribution in [0, 0.1) is 13.8 Å². The molecule has 0 fully saturated rings. The van der Waals surface area contributed by atoms with Crippen LogP contribution in [0.15, 0.2) is 12.1 Å². The van der Waals surface area contributed by atoms with Crippen LogP contribution < -0.4 is 4.74 Å². The number of aryl methyl sites for hydroxylation is 2. The summed E-state index contributed by atoms with van der Waals surface area (Å²) in [4.78, 5) is 12.1. The van der Waals surface area contributed by atoms with Crippen molar-refractivity contribution in [2.24, 2.45) is 0 Å². The van der Waals surface area contributed by atoms with Gasteiger partial charge in [-0.2, -0.15) is 0 Å². The number of unbranched alkanes of at least 4 members (excludes halogenated alkanes) is 2. The van der Waals surface area contributed by atoms with Crippen molar-refractivity contribution in [3.8, 4) is 5.75 Å². The number of rotatable bonds is 6. The van der Waals surface area contributed by atoms with Crippen LogP contribution in [-0.4, -0.2) is 12.9 Å². The summed E-state index contributed by atoms with van der Waals surface area (Å²) in [6.45, 7) is 6.09. The number of ketones is 1. The minimum absolute atomic E-state index is 0.252. The van der Waals surface area contributed by atoms with Crippen LogP contribution in [-0.2, 0) is 0 Å². The van der Waals surface area contributed by atoms with Gasteiger partial charge >= 0.3 is 0 Å². The third-order valence-electron chi connectivity index (χ3n) is 3.05. The van der Waals surface area contributed by atoms with E-state index in [1.54, 1.807) is 7.11 Å². The first-order valence-electron chi connectivity index (χ1n) is 6.28. The van der Waals surface area contributed by atoms with Gasteiger partial charge in [-0.25, -0.2) is 0 Å². The molecule has 0 aliphatic carbocycles. The highest BCUT2D eigenvalue weighted by Crippen LogP contribution is 2.23. The molecule has 0 heterocycles. The predicted octanol–water partition coefficient (Wildman–Crippen LogP) is 4.08. The van der Waals surface area contributed by atoms with E-state index in [1.807, 2.05) is 26.0 Å². The Morgan fingerprint density at radius 1 is 1.18 bits per heavy atom. The first-order valence-corrected chi connectivity index (χ1v) is 6.28. The lowest BCUT2D eigenvalue weighted by atomic mass is 9.98. The number of methoxy groups -OCH3 is 1. The third kappa shape index (κ3) is 3.58. The van der Waals surface area contributed by atoms with Crippen LogP contribution in [0.5, 0.6) is 5.75 Å². The zero-order valence-corrected chi connectivity index (χ0v) is 11.3. The molecular formula is C15H22O2. The highest BCUT2D eigenvalue weighted by molar-refractivity contribution is 5.97. The highest BCUT2D eigenvalue weighted by Gasteiger charge is 2.11. The summed E-state index contributed by atoms with van der Waals surface area (Å²) in [6.07, 6.45) is 3.91. The Hall–Kier alpha value is -1.31. The Labute approximate surface area is 104 Å². The minimum Gasteiger partial charge on any atom is -0.496 e. The van der Waals surface area contributed by atoms with Crippen LogP contribution in [0.3, 0.4) is 0 Å². The van der Waals surface area contributed by atoms with Gasteiger partial charge in [0.05, 0.1) is 7.11 Å². The Kier molecular flexibility index (Phi) is 5.20. The van der Waals surface area contributed by atoms with Gasteiger partial charge in [0.2, 0.25) is 0 Å². The van der Waals surface area contributed by atoms with Gasteiger partial charge in [-0.15, -0.1) is 0 Å². The van der Waals surface area contributed by atoms with Crippen LogP contribution in [0.2, 0.25) is 0 Å². The topological polar surface area (TPSA) is 26.3 Å². The van der Waals surface area contributed by atoms with Gasteiger partial charge in [0.25, 0.3) is 0 Å². The van der Waals surface area contributed by atoms with E-state index in [0.29, 0.717) is 6.42 Å². The van der Waals surface area contributed by atoms with Crippen molar-refractivity contribution in [3.63, 3.8) is 0 Å². The van der Waals surface area contributed by atoms with E-state index < -0.39 is 0 Å². The van der Waals surface area contributed by atoms with Gasteiger partial charge in [-0.1, -0.05) is 19.8 Å². The van der Waals surface area contributed by atoms with Crippen molar-refractivity contribution >= 4 is 5.78 Å². The van der Waals surface area contributed by atoms with Gasteiger partial charge in [0.15, 0.2) is 5.78 Å². The van der Waals surface area contributed by atoms with Crippen LogP contribution in [0.4, 0.5) is 0 Å². The van der Waals surface area contributed by atoms with Crippen molar-refractivity contribution in [2.45, 2.75) is 46.5 Å². The monoisotopic (exact) mass is 234 g/mol. The number of carbonyl (C=O) groups excluding carboxylic acids is 1. The molecular weight excluding hydrogens is 212 g/mol. The first kappa shape index (κ1) is 13.8. The second-order valence-corrected chi connectivity index (χ2v) is 4.52. The van der Waals surface area contributed by atoms with Gasteiger partial charge in [0.1, 0.15) is 5.75 Å². The molecule has 0 radical (unpaired) electrons. The number of carbonyl (C=O) groups is 1. The molecule has 0 saturated carbocycles. The fraction of sp³-hybridized carbons (Fsp3) is 0.533. The van der Waals surface area contributed by atoms with Crippen molar-refractivity contribution in [1.29, 1.82) is 0 Å². The molecule has 0 unspecified atom stereocenters. The molecule has 17 heavy (non-hydrogen) atoms. The molecule has 1 rings (SSSR count). The van der Waals surface area contributed by atoms with Crippen molar-refractivity contribution in [2.75, 3.05) is 7.11 Å². The standard InChI is InChI=1S/C15H22O2/c1-5-6-7-8-14(16)13-9-12(3)15(17-4)10-11(13)2/h9-10H,5-8H2,1-4H3. The fourth-order valence-corrected chi connectivity index (χ4v) is 1.98. The number of hydrogen-bond donors (Lipinski definition) is 0. The van der Waals surface area contributed by atoms with Crippen molar-refractivity contribution < 1.29 is 9.53 Å². The van der Waals surface area contributed by atoms with E-state index in [2.05, 4.69) is 6.92 Å². The van der Waals surface area contributed by atoms with Crippen LogP contribution in [0.1, 0.15) is 54.1 Å². The van der Waals surface area contributed by atoms with Gasteiger partial charge in [0, 0.05) is 12.0 Å². The maximum atomic E-state index is 12.1. The summed E-state index contributed by atoms with van der Waals surface area (Å²) < 4.78 is 5.25. The molecule has 94 valence electrons. The molecule has 0 atom stereocenters. The van der Waals surface area contributed by atoms with Crippen LogP contribution >= 0.6 is 0 Å². The second-order valence-electron chi connectivity index (χ2n) is 4.52. The van der Waals surface area contributed by atoms with Crippen molar-refractivity contribution in [3.05, 3.63) is 28.8 Å². The zero-order chi connectivity index (χ0) is 12.8. The first-order chi connectivity index (χ1) is 8.10. The molecule has 2 heteroatoms. The highest BCUT2D eigenvalue weighted by atomic mass is 16.5. The fourth-order valence-electron chi connectivity index (χ4n) is 1.98. The lowest BCUT2D eigenvalue weighted by molar-refractivity contribution is 0.0978. The number of hydrogen-bond acceptors (Lipinski definition) is 2. The van der Waals surface area contributed by atoms with Gasteiger partial charge in [-0.3, -0.25) is 4.79 Å². The molecule has 1 aromatic carbocycles. The normalized spacial score (nSPS) is 10.4. The summed E-state index contributed by atoms with van der Waals surface area (Å²) in [5.41, 5.74) is 2.88. The Morgan fingerprint density at radius 2 is 1.88 bits per heavy atom. The van der Waals surface area contributed by atoms with Gasteiger partial charge < -0.3 is 4.74 Å². The summed E-state index contributed by atoms with van der Waals surface area (Å²) >= 11 is 0. The molecule has 0 amide bonds. The Bertz CT molecular complexity index is 394. The van der Waals surface area contributed by atoms with Gasteiger partial charge in [-0.05, 0) is 43.5 Å². The molecule has 1 aromatic rings. The number of ether oxygens (including phenoxy) is 1. The smallest absolute Gasteiger partial charge is 0.163 e. The average molecular weight is 234 g/mol. The molecule has 0 aliphatic rings. The lowest BCUT2D eigenvalue weighted by Gasteiger charge is -2.10. The van der Waals surface area contributed by atoms with Crippen molar-refractivity contribution in [1.82, 2.24) is 0 Å². The maximum absolute atomic E-state index is 12.1. The summed E-state index contributed by atoms with van der Waals surface area (Å²) in [5, 5.41) is 0. The van der Waals surface area contributed by atoms with Crippen LogP contribution in [0.25, 0.3) is 0 Å². The van der Waals surface area contributed by atoms with E-state index in [1.165, 1.54) is 0 Å².